The molecule has 92 valence electrons. The fourth-order valence-electron chi connectivity index (χ4n) is 1.38. The molecule has 0 amide bonds. The molecular weight excluding hydrogens is 214 g/mol. The minimum atomic E-state index is 0.193. The van der Waals surface area contributed by atoms with Crippen molar-refractivity contribution in [2.75, 3.05) is 13.7 Å². The highest BCUT2D eigenvalue weighted by Gasteiger charge is 2.05. The van der Waals surface area contributed by atoms with Crippen LogP contribution >= 0.6 is 0 Å². The summed E-state index contributed by atoms with van der Waals surface area (Å²) < 4.78 is 10.9. The summed E-state index contributed by atoms with van der Waals surface area (Å²) in [5.74, 6) is 6.65. The summed E-state index contributed by atoms with van der Waals surface area (Å²) in [5.41, 5.74) is 7.28. The largest absolute Gasteiger partial charge is 0.496 e. The van der Waals surface area contributed by atoms with Gasteiger partial charge in [0, 0.05) is 11.1 Å². The van der Waals surface area contributed by atoms with E-state index in [4.69, 9.17) is 15.2 Å². The second kappa shape index (κ2) is 6.95. The molecule has 0 aliphatic carbocycles. The summed E-state index contributed by atoms with van der Waals surface area (Å²) >= 11 is 0. The number of methoxy groups -OCH3 is 1. The molecule has 0 aromatic heterocycles. The van der Waals surface area contributed by atoms with Crippen LogP contribution in [-0.2, 0) is 11.3 Å². The van der Waals surface area contributed by atoms with Gasteiger partial charge >= 0.3 is 0 Å². The van der Waals surface area contributed by atoms with Crippen LogP contribution in [0.4, 0.5) is 0 Å². The van der Waals surface area contributed by atoms with E-state index in [1.54, 1.807) is 7.11 Å². The molecule has 0 aliphatic heterocycles. The Balaban J connectivity index is 2.89. The monoisotopic (exact) mass is 233 g/mol. The summed E-state index contributed by atoms with van der Waals surface area (Å²) in [6.07, 6.45) is 0.193. The van der Waals surface area contributed by atoms with Gasteiger partial charge < -0.3 is 15.2 Å². The molecule has 0 atom stereocenters. The maximum absolute atomic E-state index is 5.58. The van der Waals surface area contributed by atoms with Gasteiger partial charge in [0.15, 0.2) is 0 Å². The average molecular weight is 233 g/mol. The van der Waals surface area contributed by atoms with E-state index in [1.165, 1.54) is 0 Å². The second-order valence-corrected chi connectivity index (χ2v) is 3.89. The zero-order valence-electron chi connectivity index (χ0n) is 10.6. The van der Waals surface area contributed by atoms with Crippen LogP contribution < -0.4 is 10.5 Å². The first-order valence-electron chi connectivity index (χ1n) is 5.64. The average Bonchev–Trinajstić information content (AvgIpc) is 2.33. The van der Waals surface area contributed by atoms with Crippen molar-refractivity contribution < 1.29 is 9.47 Å². The Morgan fingerprint density at radius 1 is 1.35 bits per heavy atom. The zero-order chi connectivity index (χ0) is 12.7. The third-order valence-electron chi connectivity index (χ3n) is 2.19. The number of nitrogens with two attached hydrogens (primary N) is 1. The molecular formula is C14H19NO2. The normalized spacial score (nSPS) is 9.94. The first-order chi connectivity index (χ1) is 8.17. The molecule has 0 aliphatic rings. The molecule has 1 aromatic carbocycles. The molecule has 17 heavy (non-hydrogen) atoms. The van der Waals surface area contributed by atoms with Crippen molar-refractivity contribution in [3.63, 3.8) is 0 Å². The van der Waals surface area contributed by atoms with Crippen LogP contribution in [0.3, 0.4) is 0 Å². The van der Waals surface area contributed by atoms with E-state index in [9.17, 15) is 0 Å². The lowest BCUT2D eigenvalue weighted by atomic mass is 10.1. The zero-order valence-corrected chi connectivity index (χ0v) is 10.6. The van der Waals surface area contributed by atoms with Crippen molar-refractivity contribution in [3.8, 4) is 17.6 Å². The highest BCUT2D eigenvalue weighted by atomic mass is 16.5. The molecule has 0 saturated carbocycles. The lowest BCUT2D eigenvalue weighted by Gasteiger charge is -2.11. The molecule has 0 bridgehead atoms. The predicted octanol–water partition coefficient (Wildman–Crippen LogP) is 1.93. The Kier molecular flexibility index (Phi) is 5.55. The van der Waals surface area contributed by atoms with Gasteiger partial charge in [-0.3, -0.25) is 0 Å². The van der Waals surface area contributed by atoms with E-state index in [0.717, 1.165) is 16.9 Å². The molecule has 0 radical (unpaired) electrons. The van der Waals surface area contributed by atoms with Gasteiger partial charge in [-0.1, -0.05) is 11.8 Å². The highest BCUT2D eigenvalue weighted by Crippen LogP contribution is 2.20. The van der Waals surface area contributed by atoms with Gasteiger partial charge in [-0.15, -0.1) is 0 Å². The molecule has 3 heteroatoms. The Labute approximate surface area is 103 Å². The molecule has 0 saturated heterocycles. The standard InChI is InChI=1S/C14H19NO2/c1-11(2)17-10-13-9-12(5-4-8-15)6-7-14(13)16-3/h6-7,9,11H,8,10,15H2,1-3H3. The minimum Gasteiger partial charge on any atom is -0.496 e. The molecule has 1 rings (SSSR count). The van der Waals surface area contributed by atoms with E-state index < -0.39 is 0 Å². The van der Waals surface area contributed by atoms with E-state index >= 15 is 0 Å². The van der Waals surface area contributed by atoms with Crippen molar-refractivity contribution in [3.05, 3.63) is 29.3 Å². The van der Waals surface area contributed by atoms with Crippen LogP contribution in [0, 0.1) is 11.8 Å². The van der Waals surface area contributed by atoms with Gasteiger partial charge in [-0.2, -0.15) is 0 Å². The minimum absolute atomic E-state index is 0.193. The Morgan fingerprint density at radius 3 is 2.71 bits per heavy atom. The summed E-state index contributed by atoms with van der Waals surface area (Å²) in [6.45, 7) is 4.90. The van der Waals surface area contributed by atoms with Crippen LogP contribution in [0.25, 0.3) is 0 Å². The van der Waals surface area contributed by atoms with E-state index in [0.29, 0.717) is 13.2 Å². The Hall–Kier alpha value is -1.50. The van der Waals surface area contributed by atoms with E-state index in [2.05, 4.69) is 11.8 Å². The number of benzene rings is 1. The third kappa shape index (κ3) is 4.48. The SMILES string of the molecule is COc1ccc(C#CCN)cc1COC(C)C. The molecule has 0 heterocycles. The topological polar surface area (TPSA) is 44.5 Å². The maximum atomic E-state index is 5.58. The van der Waals surface area contributed by atoms with Crippen molar-refractivity contribution in [1.82, 2.24) is 0 Å². The van der Waals surface area contributed by atoms with Crippen molar-refractivity contribution in [2.24, 2.45) is 5.73 Å². The van der Waals surface area contributed by atoms with E-state index in [-0.39, 0.29) is 6.10 Å². The van der Waals surface area contributed by atoms with Gasteiger partial charge in [0.2, 0.25) is 0 Å². The van der Waals surface area contributed by atoms with Gasteiger partial charge in [0.05, 0.1) is 26.4 Å². The first-order valence-corrected chi connectivity index (χ1v) is 5.64. The molecule has 0 fully saturated rings. The second-order valence-electron chi connectivity index (χ2n) is 3.89. The fourth-order valence-corrected chi connectivity index (χ4v) is 1.38. The number of hydrogen-bond donors (Lipinski definition) is 1. The highest BCUT2D eigenvalue weighted by molar-refractivity contribution is 5.44. The molecule has 2 N–H and O–H groups in total. The van der Waals surface area contributed by atoms with Crippen LogP contribution in [0.1, 0.15) is 25.0 Å². The summed E-state index contributed by atoms with van der Waals surface area (Å²) in [4.78, 5) is 0. The van der Waals surface area contributed by atoms with Gasteiger partial charge in [0.1, 0.15) is 5.75 Å². The van der Waals surface area contributed by atoms with Gasteiger partial charge in [0.25, 0.3) is 0 Å². The number of rotatable bonds is 4. The molecule has 0 spiro atoms. The van der Waals surface area contributed by atoms with Crippen molar-refractivity contribution >= 4 is 0 Å². The van der Waals surface area contributed by atoms with Gasteiger partial charge in [-0.25, -0.2) is 0 Å². The van der Waals surface area contributed by atoms with Crippen molar-refractivity contribution in [2.45, 2.75) is 26.6 Å². The van der Waals surface area contributed by atoms with E-state index in [1.807, 2.05) is 32.0 Å². The van der Waals surface area contributed by atoms with Crippen LogP contribution in [0.15, 0.2) is 18.2 Å². The van der Waals surface area contributed by atoms with Crippen LogP contribution in [0.5, 0.6) is 5.75 Å². The first kappa shape index (κ1) is 13.6. The fraction of sp³-hybridized carbons (Fsp3) is 0.429. The summed E-state index contributed by atoms with van der Waals surface area (Å²) in [7, 11) is 1.65. The summed E-state index contributed by atoms with van der Waals surface area (Å²) in [5, 5.41) is 0. The quantitative estimate of drug-likeness (QED) is 0.808. The predicted molar refractivity (Wildman–Crippen MR) is 68.9 cm³/mol. The molecule has 1 aromatic rings. The third-order valence-corrected chi connectivity index (χ3v) is 2.19. The smallest absolute Gasteiger partial charge is 0.124 e. The molecule has 0 unspecified atom stereocenters. The summed E-state index contributed by atoms with van der Waals surface area (Å²) in [6, 6.07) is 5.80. The molecule has 3 nitrogen and oxygen atoms in total. The Morgan fingerprint density at radius 2 is 2.12 bits per heavy atom. The Bertz CT molecular complexity index is 416. The maximum Gasteiger partial charge on any atom is 0.124 e. The number of ether oxygens (including phenoxy) is 2. The van der Waals surface area contributed by atoms with Gasteiger partial charge in [-0.05, 0) is 32.0 Å². The lowest BCUT2D eigenvalue weighted by Crippen LogP contribution is -2.04. The number of hydrogen-bond acceptors (Lipinski definition) is 3. The van der Waals surface area contributed by atoms with Crippen molar-refractivity contribution in [1.29, 1.82) is 0 Å². The van der Waals surface area contributed by atoms with Crippen LogP contribution in [0.2, 0.25) is 0 Å². The lowest BCUT2D eigenvalue weighted by molar-refractivity contribution is 0.0644. The van der Waals surface area contributed by atoms with Crippen LogP contribution in [-0.4, -0.2) is 19.8 Å².